The normalized spacial score (nSPS) is 13.5. The van der Waals surface area contributed by atoms with Crippen molar-refractivity contribution >= 4 is 17.9 Å². The lowest BCUT2D eigenvalue weighted by Crippen LogP contribution is -2.42. The molecule has 0 rings (SSSR count). The number of carbonyl (C=O) groups excluding carboxylic acids is 1. The Morgan fingerprint density at radius 3 is 2.45 bits per heavy atom. The zero-order valence-electron chi connectivity index (χ0n) is 14.5. The van der Waals surface area contributed by atoms with E-state index in [0.717, 1.165) is 12.3 Å². The van der Waals surface area contributed by atoms with Crippen LogP contribution in [-0.2, 0) is 4.74 Å². The van der Waals surface area contributed by atoms with E-state index >= 15 is 0 Å². The summed E-state index contributed by atoms with van der Waals surface area (Å²) in [6, 6.07) is 0. The lowest BCUT2D eigenvalue weighted by molar-refractivity contribution is 0.0494. The number of aliphatic hydroxyl groups excluding tert-OH is 2. The molecule has 0 bridgehead atoms. The predicted molar refractivity (Wildman–Crippen MR) is 91.4 cm³/mol. The fraction of sp³-hybridized carbons (Fsp3) is 0.933. The van der Waals surface area contributed by atoms with Crippen molar-refractivity contribution in [3.8, 4) is 0 Å². The number of alkyl carbamates (subject to hydrolysis) is 1. The number of carbonyl (C=O) groups is 1. The van der Waals surface area contributed by atoms with E-state index in [1.807, 2.05) is 37.4 Å². The summed E-state index contributed by atoms with van der Waals surface area (Å²) in [7, 11) is 0. The molecule has 0 saturated carbocycles. The van der Waals surface area contributed by atoms with Gasteiger partial charge in [0, 0.05) is 31.9 Å². The van der Waals surface area contributed by atoms with Crippen molar-refractivity contribution in [2.24, 2.45) is 0 Å². The Morgan fingerprint density at radius 1 is 1.32 bits per heavy atom. The van der Waals surface area contributed by atoms with E-state index in [9.17, 15) is 9.90 Å². The van der Waals surface area contributed by atoms with Gasteiger partial charge < -0.3 is 20.3 Å². The molecule has 0 saturated heterocycles. The van der Waals surface area contributed by atoms with Crippen molar-refractivity contribution < 1.29 is 19.7 Å². The zero-order valence-corrected chi connectivity index (χ0v) is 15.3. The molecule has 0 fully saturated rings. The quantitative estimate of drug-likeness (QED) is 0.558. The van der Waals surface area contributed by atoms with Crippen molar-refractivity contribution in [3.05, 3.63) is 0 Å². The van der Waals surface area contributed by atoms with Crippen molar-refractivity contribution in [1.29, 1.82) is 0 Å². The second-order valence-electron chi connectivity index (χ2n) is 6.49. The van der Waals surface area contributed by atoms with Crippen LogP contribution in [0.5, 0.6) is 0 Å². The van der Waals surface area contributed by atoms with E-state index in [1.54, 1.807) is 0 Å². The molecule has 3 N–H and O–H groups in total. The lowest BCUT2D eigenvalue weighted by Gasteiger charge is -2.25. The molecular formula is C15H32N2O4S. The predicted octanol–water partition coefficient (Wildman–Crippen LogP) is 1.31. The first-order chi connectivity index (χ1) is 10.1. The highest BCUT2D eigenvalue weighted by Crippen LogP contribution is 2.09. The number of ether oxygens (including phenoxy) is 1. The van der Waals surface area contributed by atoms with Crippen LogP contribution < -0.4 is 5.32 Å². The third-order valence-corrected chi connectivity index (χ3v) is 3.72. The first-order valence-electron chi connectivity index (χ1n) is 7.73. The average molecular weight is 336 g/mol. The Hall–Kier alpha value is -0.500. The molecule has 7 heteroatoms. The first kappa shape index (κ1) is 21.5. The molecule has 0 heterocycles. The van der Waals surface area contributed by atoms with Gasteiger partial charge in [0.1, 0.15) is 5.60 Å². The molecule has 0 aromatic carbocycles. The maximum atomic E-state index is 11.6. The summed E-state index contributed by atoms with van der Waals surface area (Å²) in [5, 5.41) is 21.8. The zero-order chi connectivity index (χ0) is 17.2. The van der Waals surface area contributed by atoms with E-state index in [-0.39, 0.29) is 6.61 Å². The van der Waals surface area contributed by atoms with Gasteiger partial charge in [-0.1, -0.05) is 13.8 Å². The minimum absolute atomic E-state index is 0.257. The third-order valence-electron chi connectivity index (χ3n) is 2.63. The summed E-state index contributed by atoms with van der Waals surface area (Å²) in [4.78, 5) is 13.6. The van der Waals surface area contributed by atoms with Gasteiger partial charge in [-0.3, -0.25) is 4.90 Å². The molecule has 1 amide bonds. The Balaban J connectivity index is 4.13. The number of nitrogens with one attached hydrogen (secondary N) is 1. The molecular weight excluding hydrogens is 304 g/mol. The topological polar surface area (TPSA) is 82.0 Å². The summed E-state index contributed by atoms with van der Waals surface area (Å²) >= 11 is 1.84. The summed E-state index contributed by atoms with van der Waals surface area (Å²) in [5.41, 5.74) is -0.509. The maximum Gasteiger partial charge on any atom is 0.407 e. The molecule has 0 aliphatic heterocycles. The molecule has 22 heavy (non-hydrogen) atoms. The number of hydrogen-bond donors (Lipinski definition) is 3. The van der Waals surface area contributed by atoms with Crippen LogP contribution in [-0.4, -0.2) is 76.7 Å². The van der Waals surface area contributed by atoms with Crippen LogP contribution >= 0.6 is 11.8 Å². The molecule has 0 spiro atoms. The van der Waals surface area contributed by atoms with E-state index in [4.69, 9.17) is 9.84 Å². The van der Waals surface area contributed by atoms with Gasteiger partial charge in [-0.05, 0) is 26.0 Å². The van der Waals surface area contributed by atoms with Crippen LogP contribution in [0.25, 0.3) is 0 Å². The van der Waals surface area contributed by atoms with Crippen LogP contribution in [0.1, 0.15) is 34.6 Å². The number of rotatable bonds is 10. The molecule has 0 aromatic heterocycles. The number of aliphatic hydroxyl groups is 2. The van der Waals surface area contributed by atoms with Gasteiger partial charge in [-0.25, -0.2) is 4.79 Å². The Kier molecular flexibility index (Phi) is 10.8. The van der Waals surface area contributed by atoms with Crippen LogP contribution in [0.4, 0.5) is 4.79 Å². The molecule has 0 radical (unpaired) electrons. The van der Waals surface area contributed by atoms with Gasteiger partial charge in [0.25, 0.3) is 0 Å². The number of thioether (sulfide) groups is 1. The number of amides is 1. The van der Waals surface area contributed by atoms with Gasteiger partial charge >= 0.3 is 6.09 Å². The van der Waals surface area contributed by atoms with E-state index in [0.29, 0.717) is 24.9 Å². The van der Waals surface area contributed by atoms with Crippen LogP contribution in [0.2, 0.25) is 0 Å². The van der Waals surface area contributed by atoms with Gasteiger partial charge in [0.2, 0.25) is 0 Å². The highest BCUT2D eigenvalue weighted by molar-refractivity contribution is 7.99. The van der Waals surface area contributed by atoms with Gasteiger partial charge in [0.15, 0.2) is 0 Å². The third kappa shape index (κ3) is 13.2. The number of hydrogen-bond acceptors (Lipinski definition) is 6. The van der Waals surface area contributed by atoms with Gasteiger partial charge in [-0.2, -0.15) is 11.8 Å². The fourth-order valence-electron chi connectivity index (χ4n) is 1.70. The lowest BCUT2D eigenvalue weighted by atomic mass is 10.2. The molecule has 0 aromatic rings. The largest absolute Gasteiger partial charge is 0.444 e. The smallest absolute Gasteiger partial charge is 0.407 e. The summed E-state index contributed by atoms with van der Waals surface area (Å²) in [6.45, 7) is 11.7. The van der Waals surface area contributed by atoms with E-state index < -0.39 is 17.8 Å². The average Bonchev–Trinajstić information content (AvgIpc) is 2.35. The minimum Gasteiger partial charge on any atom is -0.444 e. The van der Waals surface area contributed by atoms with Crippen molar-refractivity contribution in [2.75, 3.05) is 38.5 Å². The maximum absolute atomic E-state index is 11.6. The highest BCUT2D eigenvalue weighted by atomic mass is 32.2. The first-order valence-corrected chi connectivity index (χ1v) is 8.78. The summed E-state index contributed by atoms with van der Waals surface area (Å²) in [5.74, 6) is 0.947. The fourth-order valence-corrected chi connectivity index (χ4v) is 2.53. The van der Waals surface area contributed by atoms with Gasteiger partial charge in [0.05, 0.1) is 12.7 Å². The van der Waals surface area contributed by atoms with Crippen LogP contribution in [0.15, 0.2) is 0 Å². The number of nitrogens with zero attached hydrogens (tertiary/aromatic N) is 1. The van der Waals surface area contributed by atoms with Gasteiger partial charge in [-0.15, -0.1) is 0 Å². The van der Waals surface area contributed by atoms with Crippen LogP contribution in [0, 0.1) is 0 Å². The summed E-state index contributed by atoms with van der Waals surface area (Å²) in [6.07, 6.45) is -1.20. The van der Waals surface area contributed by atoms with Crippen molar-refractivity contribution in [2.45, 2.75) is 51.6 Å². The van der Waals surface area contributed by atoms with Crippen molar-refractivity contribution in [3.63, 3.8) is 0 Å². The Labute approximate surface area is 138 Å². The van der Waals surface area contributed by atoms with E-state index in [2.05, 4.69) is 19.2 Å². The van der Waals surface area contributed by atoms with Crippen LogP contribution in [0.3, 0.4) is 0 Å². The van der Waals surface area contributed by atoms with Crippen molar-refractivity contribution in [1.82, 2.24) is 10.2 Å². The molecule has 132 valence electrons. The minimum atomic E-state index is -0.759. The Bertz CT molecular complexity index is 308. The highest BCUT2D eigenvalue weighted by Gasteiger charge is 2.16. The molecule has 6 nitrogen and oxygen atoms in total. The molecule has 0 aliphatic carbocycles. The van der Waals surface area contributed by atoms with E-state index in [1.165, 1.54) is 0 Å². The standard InChI is InChI=1S/C15H32N2O4S/c1-12(2)22-9-8-17(10-13(19)11-18)7-6-16-14(20)21-15(3,4)5/h12-13,18-19H,6-11H2,1-5H3,(H,16,20). The molecule has 0 aliphatic rings. The molecule has 1 unspecified atom stereocenters. The second-order valence-corrected chi connectivity index (χ2v) is 8.17. The second kappa shape index (κ2) is 11.1. The Morgan fingerprint density at radius 2 is 1.95 bits per heavy atom. The summed E-state index contributed by atoms with van der Waals surface area (Å²) < 4.78 is 5.17. The molecule has 1 atom stereocenters. The SMILES string of the molecule is CC(C)SCCN(CCNC(=O)OC(C)(C)C)CC(O)CO. The monoisotopic (exact) mass is 336 g/mol.